The van der Waals surface area contributed by atoms with Crippen LogP contribution < -0.4 is 5.32 Å². The van der Waals surface area contributed by atoms with E-state index in [0.29, 0.717) is 34.2 Å². The fourth-order valence-electron chi connectivity index (χ4n) is 4.68. The van der Waals surface area contributed by atoms with Gasteiger partial charge in [-0.1, -0.05) is 0 Å². The highest BCUT2D eigenvalue weighted by atomic mass is 16.3. The molecule has 0 saturated carbocycles. The Labute approximate surface area is 157 Å². The molecular weight excluding hydrogens is 344 g/mol. The zero-order chi connectivity index (χ0) is 18.5. The number of pyridine rings is 1. The molecule has 1 N–H and O–H groups in total. The fourth-order valence-corrected chi connectivity index (χ4v) is 4.68. The van der Waals surface area contributed by atoms with Crippen LogP contribution in [0, 0.1) is 5.92 Å². The number of rotatable bonds is 3. The Morgan fingerprint density at radius 1 is 1.22 bits per heavy atom. The van der Waals surface area contributed by atoms with Gasteiger partial charge in [0.2, 0.25) is 0 Å². The van der Waals surface area contributed by atoms with Crippen molar-refractivity contribution in [3.8, 4) is 0 Å². The molecule has 6 heterocycles. The minimum atomic E-state index is -0.175. The van der Waals surface area contributed by atoms with Gasteiger partial charge in [0.25, 0.3) is 11.8 Å². The molecule has 2 aromatic heterocycles. The fraction of sp³-hybridized carbons (Fsp3) is 0.550. The minimum Gasteiger partial charge on any atom is -0.462 e. The largest absolute Gasteiger partial charge is 0.462 e. The monoisotopic (exact) mass is 368 g/mol. The molecule has 0 unspecified atom stereocenters. The lowest BCUT2D eigenvalue weighted by Gasteiger charge is -2.49. The predicted molar refractivity (Wildman–Crippen MR) is 99.5 cm³/mol. The van der Waals surface area contributed by atoms with E-state index in [4.69, 9.17) is 4.42 Å². The zero-order valence-corrected chi connectivity index (χ0v) is 15.5. The molecule has 4 fully saturated rings. The van der Waals surface area contributed by atoms with Crippen molar-refractivity contribution in [3.05, 3.63) is 29.8 Å². The van der Waals surface area contributed by atoms with Gasteiger partial charge in [-0.05, 0) is 51.3 Å². The van der Waals surface area contributed by atoms with Crippen molar-refractivity contribution in [1.29, 1.82) is 0 Å². The van der Waals surface area contributed by atoms with Gasteiger partial charge in [-0.3, -0.25) is 14.5 Å². The first kappa shape index (κ1) is 16.7. The molecule has 27 heavy (non-hydrogen) atoms. The summed E-state index contributed by atoms with van der Waals surface area (Å²) in [7, 11) is 0. The zero-order valence-electron chi connectivity index (χ0n) is 15.5. The number of hydrogen-bond acceptors (Lipinski definition) is 5. The lowest BCUT2D eigenvalue weighted by Crippen LogP contribution is -2.62. The van der Waals surface area contributed by atoms with Gasteiger partial charge >= 0.3 is 0 Å². The molecule has 4 aliphatic rings. The molecule has 2 aromatic rings. The van der Waals surface area contributed by atoms with E-state index in [-0.39, 0.29) is 17.9 Å². The van der Waals surface area contributed by atoms with Crippen molar-refractivity contribution in [1.82, 2.24) is 20.1 Å². The molecule has 0 spiro atoms. The minimum absolute atomic E-state index is 0.0384. The van der Waals surface area contributed by atoms with E-state index in [1.807, 2.05) is 0 Å². The van der Waals surface area contributed by atoms with Gasteiger partial charge in [-0.2, -0.15) is 0 Å². The lowest BCUT2D eigenvalue weighted by molar-refractivity contribution is 0.0216. The first-order chi connectivity index (χ1) is 13.1. The number of amides is 2. The van der Waals surface area contributed by atoms with Crippen LogP contribution in [0.3, 0.4) is 0 Å². The van der Waals surface area contributed by atoms with Crippen molar-refractivity contribution in [2.75, 3.05) is 26.2 Å². The maximum absolute atomic E-state index is 12.9. The molecule has 2 atom stereocenters. The molecule has 0 aliphatic carbocycles. The van der Waals surface area contributed by atoms with E-state index in [9.17, 15) is 9.59 Å². The first-order valence-electron chi connectivity index (χ1n) is 9.83. The maximum Gasteiger partial charge on any atom is 0.270 e. The number of furan rings is 1. The summed E-state index contributed by atoms with van der Waals surface area (Å²) in [4.78, 5) is 33.9. The van der Waals surface area contributed by atoms with E-state index in [1.165, 1.54) is 12.5 Å². The Morgan fingerprint density at radius 2 is 2.00 bits per heavy atom. The van der Waals surface area contributed by atoms with Gasteiger partial charge in [0.05, 0.1) is 11.8 Å². The summed E-state index contributed by atoms with van der Waals surface area (Å²) in [5.41, 5.74) is 1.38. The second-order valence-corrected chi connectivity index (χ2v) is 7.97. The van der Waals surface area contributed by atoms with Crippen LogP contribution in [0.2, 0.25) is 0 Å². The van der Waals surface area contributed by atoms with Crippen molar-refractivity contribution < 1.29 is 14.0 Å². The first-order valence-corrected chi connectivity index (χ1v) is 9.83. The van der Waals surface area contributed by atoms with E-state index >= 15 is 0 Å². The van der Waals surface area contributed by atoms with Crippen LogP contribution in [-0.2, 0) is 0 Å². The van der Waals surface area contributed by atoms with Crippen LogP contribution in [0.5, 0.6) is 0 Å². The number of nitrogens with zero attached hydrogens (tertiary/aromatic N) is 3. The number of fused-ring (bicyclic) bond motifs is 4. The number of aromatic nitrogens is 1. The third kappa shape index (κ3) is 2.72. The number of piperidine rings is 3. The lowest BCUT2D eigenvalue weighted by atomic mass is 9.79. The van der Waals surface area contributed by atoms with Crippen molar-refractivity contribution in [2.24, 2.45) is 5.92 Å². The van der Waals surface area contributed by atoms with Crippen LogP contribution in [0.4, 0.5) is 0 Å². The number of carbonyl (C=O) groups excluding carboxylic acids is 2. The van der Waals surface area contributed by atoms with E-state index in [2.05, 4.69) is 22.1 Å². The number of carbonyl (C=O) groups is 2. The van der Waals surface area contributed by atoms with Gasteiger partial charge in [0, 0.05) is 30.6 Å². The molecule has 4 saturated heterocycles. The van der Waals surface area contributed by atoms with Crippen LogP contribution >= 0.6 is 0 Å². The average Bonchev–Trinajstić information content (AvgIpc) is 3.06. The molecule has 7 heteroatoms. The summed E-state index contributed by atoms with van der Waals surface area (Å²) < 4.78 is 5.48. The second kappa shape index (κ2) is 6.34. The third-order valence-corrected chi connectivity index (χ3v) is 6.54. The van der Waals surface area contributed by atoms with E-state index in [1.54, 1.807) is 11.0 Å². The molecule has 0 aromatic carbocycles. The number of hydrogen-bond donors (Lipinski definition) is 1. The third-order valence-electron chi connectivity index (χ3n) is 6.54. The van der Waals surface area contributed by atoms with E-state index < -0.39 is 0 Å². The standard InChI is InChI=1S/C20H24N4O3/c1-12-18(13-3-7-23(12)8-4-13)22-19(25)16-9-14-15(11-27-17(14)10-21-16)20(26)24-5-2-6-24/h9-13,18H,2-8H2,1H3,(H,22,25)/t12-,18-/m0/s1. The molecule has 0 radical (unpaired) electrons. The summed E-state index contributed by atoms with van der Waals surface area (Å²) in [6, 6.07) is 2.19. The maximum atomic E-state index is 12.9. The Morgan fingerprint density at radius 3 is 2.67 bits per heavy atom. The number of nitrogens with one attached hydrogen (secondary N) is 1. The van der Waals surface area contributed by atoms with Crippen molar-refractivity contribution in [2.45, 2.75) is 38.3 Å². The highest BCUT2D eigenvalue weighted by Crippen LogP contribution is 2.32. The summed E-state index contributed by atoms with van der Waals surface area (Å²) in [6.45, 7) is 5.99. The average molecular weight is 368 g/mol. The van der Waals surface area contributed by atoms with Crippen LogP contribution in [-0.4, -0.2) is 64.9 Å². The van der Waals surface area contributed by atoms with Crippen molar-refractivity contribution in [3.63, 3.8) is 0 Å². The summed E-state index contributed by atoms with van der Waals surface area (Å²) in [5.74, 6) is 0.324. The summed E-state index contributed by atoms with van der Waals surface area (Å²) in [6.07, 6.45) is 6.33. The van der Waals surface area contributed by atoms with Crippen molar-refractivity contribution >= 4 is 22.8 Å². The van der Waals surface area contributed by atoms with Crippen LogP contribution in [0.25, 0.3) is 11.0 Å². The predicted octanol–water partition coefficient (Wildman–Crippen LogP) is 1.89. The molecule has 2 amide bonds. The second-order valence-electron chi connectivity index (χ2n) is 7.97. The number of likely N-dealkylation sites (tertiary alicyclic amines) is 1. The quantitative estimate of drug-likeness (QED) is 0.895. The Kier molecular flexibility index (Phi) is 3.93. The van der Waals surface area contributed by atoms with Gasteiger partial charge in [-0.15, -0.1) is 0 Å². The van der Waals surface area contributed by atoms with Gasteiger partial charge in [-0.25, -0.2) is 4.98 Å². The van der Waals surface area contributed by atoms with Gasteiger partial charge < -0.3 is 14.6 Å². The SMILES string of the molecule is C[C@H]1[C@H](NC(=O)c2cc3c(C(=O)N4CCC4)coc3cn2)C2CCN1CC2. The van der Waals surface area contributed by atoms with Gasteiger partial charge in [0.15, 0.2) is 5.58 Å². The smallest absolute Gasteiger partial charge is 0.270 e. The molecule has 2 bridgehead atoms. The highest BCUT2D eigenvalue weighted by Gasteiger charge is 2.40. The highest BCUT2D eigenvalue weighted by molar-refractivity contribution is 6.07. The Hall–Kier alpha value is -2.41. The molecular formula is C20H24N4O3. The Bertz CT molecular complexity index is 894. The molecule has 7 nitrogen and oxygen atoms in total. The topological polar surface area (TPSA) is 78.7 Å². The Balaban J connectivity index is 1.39. The van der Waals surface area contributed by atoms with Gasteiger partial charge in [0.1, 0.15) is 12.0 Å². The molecule has 6 rings (SSSR count). The van der Waals surface area contributed by atoms with E-state index in [0.717, 1.165) is 45.4 Å². The summed E-state index contributed by atoms with van der Waals surface area (Å²) in [5, 5.41) is 3.86. The molecule has 4 aliphatic heterocycles. The molecule has 142 valence electrons. The normalized spacial score (nSPS) is 29.6. The van der Waals surface area contributed by atoms with Crippen LogP contribution in [0.15, 0.2) is 22.9 Å². The van der Waals surface area contributed by atoms with Crippen LogP contribution in [0.1, 0.15) is 47.0 Å². The summed E-state index contributed by atoms with van der Waals surface area (Å²) >= 11 is 0.